The molecule has 0 saturated heterocycles. The summed E-state index contributed by atoms with van der Waals surface area (Å²) >= 11 is 0. The maximum atomic E-state index is 13.2. The molecule has 11 N–H and O–H groups in total. The van der Waals surface area contributed by atoms with Crippen molar-refractivity contribution in [2.45, 2.75) is 90.6 Å². The van der Waals surface area contributed by atoms with Gasteiger partial charge < -0.3 is 43.4 Å². The highest BCUT2D eigenvalue weighted by atomic mass is 16.4. The molecule has 0 radical (unpaired) electrons. The molecule has 6 atom stereocenters. The Morgan fingerprint density at radius 2 is 1.49 bits per heavy atom. The van der Waals surface area contributed by atoms with Gasteiger partial charge in [0.15, 0.2) is 12.0 Å². The monoisotopic (exact) mass is 501 g/mol. The maximum absolute atomic E-state index is 13.2. The van der Waals surface area contributed by atoms with Crippen LogP contribution in [0.5, 0.6) is 0 Å². The van der Waals surface area contributed by atoms with E-state index in [1.54, 1.807) is 6.92 Å². The summed E-state index contributed by atoms with van der Waals surface area (Å²) in [6.45, 7) is 8.88. The van der Waals surface area contributed by atoms with Gasteiger partial charge in [0, 0.05) is 6.54 Å². The Labute approximate surface area is 206 Å². The predicted octanol–water partition coefficient (Wildman–Crippen LogP) is -1.62. The van der Waals surface area contributed by atoms with Gasteiger partial charge in [-0.3, -0.25) is 19.4 Å². The largest absolute Gasteiger partial charge is 0.480 e. The minimum Gasteiger partial charge on any atom is -0.480 e. The van der Waals surface area contributed by atoms with Crippen molar-refractivity contribution in [3.05, 3.63) is 0 Å². The average Bonchev–Trinajstić information content (AvgIpc) is 2.75. The van der Waals surface area contributed by atoms with Crippen LogP contribution in [0.15, 0.2) is 4.99 Å². The van der Waals surface area contributed by atoms with E-state index in [0.29, 0.717) is 19.3 Å². The van der Waals surface area contributed by atoms with Crippen LogP contribution in [0.4, 0.5) is 0 Å². The number of nitrogens with zero attached hydrogens (tertiary/aromatic N) is 1. The number of aliphatic hydroxyl groups excluding tert-OH is 1. The third kappa shape index (κ3) is 12.4. The third-order valence-electron chi connectivity index (χ3n) is 5.48. The second kappa shape index (κ2) is 15.9. The summed E-state index contributed by atoms with van der Waals surface area (Å²) < 4.78 is 0. The molecule has 0 aromatic heterocycles. The van der Waals surface area contributed by atoms with Crippen molar-refractivity contribution in [2.24, 2.45) is 34.0 Å². The van der Waals surface area contributed by atoms with Crippen LogP contribution in [-0.2, 0) is 19.2 Å². The lowest BCUT2D eigenvalue weighted by molar-refractivity contribution is -0.145. The molecule has 13 heteroatoms. The summed E-state index contributed by atoms with van der Waals surface area (Å²) in [5.41, 5.74) is 16.6. The number of hydrogen-bond donors (Lipinski definition) is 8. The standard InChI is InChI=1S/C22H43N7O6/c1-6-12(4)16(28-18(31)14(23)10-11(2)3)20(33)27-15(8-7-9-26-22(24)25)19(32)29-17(13(5)30)21(34)35/h11-17,30H,6-10,23H2,1-5H3,(H,27,33)(H,28,31)(H,29,32)(H,34,35)(H4,24,25,26). The smallest absolute Gasteiger partial charge is 0.328 e. The van der Waals surface area contributed by atoms with E-state index in [-0.39, 0.29) is 30.8 Å². The number of aliphatic hydroxyl groups is 1. The number of nitrogens with one attached hydrogen (secondary N) is 3. The molecule has 6 unspecified atom stereocenters. The van der Waals surface area contributed by atoms with Gasteiger partial charge in [-0.15, -0.1) is 0 Å². The first-order valence-electron chi connectivity index (χ1n) is 11.8. The molecule has 0 rings (SSSR count). The van der Waals surface area contributed by atoms with Crippen molar-refractivity contribution in [2.75, 3.05) is 6.54 Å². The van der Waals surface area contributed by atoms with Crippen molar-refractivity contribution >= 4 is 29.7 Å². The first-order valence-corrected chi connectivity index (χ1v) is 11.8. The number of carbonyl (C=O) groups excluding carboxylic acids is 3. The number of amides is 3. The van der Waals surface area contributed by atoms with Crippen molar-refractivity contribution in [1.29, 1.82) is 0 Å². The number of nitrogens with two attached hydrogens (primary N) is 3. The molecule has 0 aromatic carbocycles. The second-order valence-electron chi connectivity index (χ2n) is 9.18. The van der Waals surface area contributed by atoms with Crippen LogP contribution in [-0.4, -0.2) is 76.7 Å². The van der Waals surface area contributed by atoms with Crippen LogP contribution >= 0.6 is 0 Å². The van der Waals surface area contributed by atoms with Crippen LogP contribution in [0.2, 0.25) is 0 Å². The number of rotatable bonds is 16. The Balaban J connectivity index is 5.66. The molecule has 0 fully saturated rings. The summed E-state index contributed by atoms with van der Waals surface area (Å²) in [4.78, 5) is 53.8. The van der Waals surface area contributed by atoms with Gasteiger partial charge in [-0.1, -0.05) is 34.1 Å². The molecule has 0 aliphatic rings. The fourth-order valence-corrected chi connectivity index (χ4v) is 3.25. The molecule has 0 aliphatic carbocycles. The number of aliphatic carboxylic acids is 1. The van der Waals surface area contributed by atoms with Crippen molar-refractivity contribution < 1.29 is 29.4 Å². The lowest BCUT2D eigenvalue weighted by Gasteiger charge is -2.28. The lowest BCUT2D eigenvalue weighted by atomic mass is 9.96. The van der Waals surface area contributed by atoms with Crippen LogP contribution in [0.3, 0.4) is 0 Å². The van der Waals surface area contributed by atoms with Gasteiger partial charge in [0.1, 0.15) is 12.1 Å². The fourth-order valence-electron chi connectivity index (χ4n) is 3.25. The summed E-state index contributed by atoms with van der Waals surface area (Å²) in [7, 11) is 0. The molecule has 3 amide bonds. The molecule has 0 heterocycles. The van der Waals surface area contributed by atoms with Gasteiger partial charge in [-0.25, -0.2) is 4.79 Å². The van der Waals surface area contributed by atoms with Crippen molar-refractivity contribution in [1.82, 2.24) is 16.0 Å². The molecule has 35 heavy (non-hydrogen) atoms. The summed E-state index contributed by atoms with van der Waals surface area (Å²) in [5.74, 6) is -3.55. The summed E-state index contributed by atoms with van der Waals surface area (Å²) in [6, 6.07) is -4.50. The molecular formula is C22H43N7O6. The van der Waals surface area contributed by atoms with E-state index < -0.39 is 54.0 Å². The number of hydrogen-bond acceptors (Lipinski definition) is 7. The maximum Gasteiger partial charge on any atom is 0.328 e. The molecule has 0 aromatic rings. The minimum absolute atomic E-state index is 0.0779. The molecule has 0 spiro atoms. The molecule has 0 saturated carbocycles. The normalized spacial score (nSPS) is 16.2. The van der Waals surface area contributed by atoms with Gasteiger partial charge in [0.25, 0.3) is 0 Å². The predicted molar refractivity (Wildman–Crippen MR) is 132 cm³/mol. The van der Waals surface area contributed by atoms with Crippen LogP contribution in [0, 0.1) is 11.8 Å². The third-order valence-corrected chi connectivity index (χ3v) is 5.48. The first-order chi connectivity index (χ1) is 16.2. The molecule has 0 bridgehead atoms. The quantitative estimate of drug-likeness (QED) is 0.0688. The number of guanidine groups is 1. The highest BCUT2D eigenvalue weighted by Gasteiger charge is 2.33. The molecule has 13 nitrogen and oxygen atoms in total. The summed E-state index contributed by atoms with van der Waals surface area (Å²) in [6.07, 6.45) is -0.00468. The van der Waals surface area contributed by atoms with E-state index >= 15 is 0 Å². The van der Waals surface area contributed by atoms with E-state index in [2.05, 4.69) is 20.9 Å². The number of carboxylic acid groups (broad SMARTS) is 1. The minimum atomic E-state index is -1.57. The van der Waals surface area contributed by atoms with E-state index in [0.717, 1.165) is 0 Å². The molecule has 202 valence electrons. The average molecular weight is 502 g/mol. The van der Waals surface area contributed by atoms with Gasteiger partial charge in [0.2, 0.25) is 17.7 Å². The van der Waals surface area contributed by atoms with Gasteiger partial charge >= 0.3 is 5.97 Å². The van der Waals surface area contributed by atoms with Crippen molar-refractivity contribution in [3.63, 3.8) is 0 Å². The van der Waals surface area contributed by atoms with Crippen LogP contribution in [0.1, 0.15) is 60.3 Å². The number of carboxylic acids is 1. The number of carbonyl (C=O) groups is 4. The van der Waals surface area contributed by atoms with E-state index in [1.165, 1.54) is 6.92 Å². The SMILES string of the molecule is CCC(C)C(NC(=O)C(N)CC(C)C)C(=O)NC(CCCN=C(N)N)C(=O)NC(C(=O)O)C(C)O. The first kappa shape index (κ1) is 32.1. The highest BCUT2D eigenvalue weighted by Crippen LogP contribution is 2.11. The topological polar surface area (TPSA) is 235 Å². The zero-order valence-electron chi connectivity index (χ0n) is 21.3. The van der Waals surface area contributed by atoms with E-state index in [9.17, 15) is 29.4 Å². The summed E-state index contributed by atoms with van der Waals surface area (Å²) in [5, 5.41) is 26.5. The Hall–Kier alpha value is -2.93. The Bertz CT molecular complexity index is 740. The fraction of sp³-hybridized carbons (Fsp3) is 0.773. The van der Waals surface area contributed by atoms with Crippen molar-refractivity contribution in [3.8, 4) is 0 Å². The Kier molecular flexibility index (Phi) is 14.5. The van der Waals surface area contributed by atoms with Crippen LogP contribution < -0.4 is 33.2 Å². The van der Waals surface area contributed by atoms with Crippen LogP contribution in [0.25, 0.3) is 0 Å². The van der Waals surface area contributed by atoms with E-state index in [1.807, 2.05) is 20.8 Å². The molecular weight excluding hydrogens is 458 g/mol. The highest BCUT2D eigenvalue weighted by molar-refractivity contribution is 5.94. The van der Waals surface area contributed by atoms with Gasteiger partial charge in [-0.2, -0.15) is 0 Å². The number of aliphatic imine (C=N–C) groups is 1. The van der Waals surface area contributed by atoms with E-state index in [4.69, 9.17) is 17.2 Å². The Morgan fingerprint density at radius 3 is 1.94 bits per heavy atom. The zero-order chi connectivity index (χ0) is 27.3. The molecule has 0 aliphatic heterocycles. The van der Waals surface area contributed by atoms with Gasteiger partial charge in [-0.05, 0) is 38.0 Å². The zero-order valence-corrected chi connectivity index (χ0v) is 21.3. The second-order valence-corrected chi connectivity index (χ2v) is 9.18. The van der Waals surface area contributed by atoms with Gasteiger partial charge in [0.05, 0.1) is 12.1 Å². The lowest BCUT2D eigenvalue weighted by Crippen LogP contribution is -2.59. The Morgan fingerprint density at radius 1 is 0.914 bits per heavy atom.